The third-order valence-corrected chi connectivity index (χ3v) is 13.0. The fourth-order valence-corrected chi connectivity index (χ4v) is 9.87. The molecule has 16 nitrogen and oxygen atoms in total. The maximum Gasteiger partial charge on any atom is 0.278 e. The summed E-state index contributed by atoms with van der Waals surface area (Å²) in [5.74, 6) is 0.710. The molecule has 4 fully saturated rings. The molecule has 1 atom stereocenters. The average molecular weight is 822 g/mol. The molecule has 3 saturated heterocycles. The second-order valence-corrected chi connectivity index (χ2v) is 17.7. The van der Waals surface area contributed by atoms with Gasteiger partial charge in [0.2, 0.25) is 5.91 Å². The zero-order valence-corrected chi connectivity index (χ0v) is 34.4. The molecule has 8 rings (SSSR count). The predicted molar refractivity (Wildman–Crippen MR) is 220 cm³/mol. The largest absolute Gasteiger partial charge is 0.489 e. The van der Waals surface area contributed by atoms with Gasteiger partial charge in [-0.2, -0.15) is 9.94 Å². The quantitative estimate of drug-likeness (QED) is 0.233. The first-order valence-corrected chi connectivity index (χ1v) is 20.5. The van der Waals surface area contributed by atoms with E-state index in [4.69, 9.17) is 16.3 Å². The minimum Gasteiger partial charge on any atom is -0.489 e. The van der Waals surface area contributed by atoms with Gasteiger partial charge in [0, 0.05) is 80.9 Å². The maximum atomic E-state index is 13.4. The van der Waals surface area contributed by atoms with E-state index < -0.39 is 22.8 Å². The molecule has 4 aromatic rings. The number of nitrogens with zero attached hydrogens (tertiary/aromatic N) is 9. The predicted octanol–water partition coefficient (Wildman–Crippen LogP) is 3.73. The van der Waals surface area contributed by atoms with Crippen molar-refractivity contribution in [3.05, 3.63) is 75.4 Å². The molecular weight excluding hydrogens is 774 g/mol. The van der Waals surface area contributed by atoms with Crippen LogP contribution in [-0.4, -0.2) is 106 Å². The number of ether oxygens (including phenoxy) is 1. The minimum atomic E-state index is -0.857. The SMILES string of the molecule is CC1(C)C(NC(=O)c2cnc(N3CCN(CC4CCN(c5ccc6nnn(C7CCC(=O)NC7=O)c(=O)c6c5)CC4)CC3)cn2)C(C)(C)C1Oc1ccc(C#N)c(Cl)c1. The number of hydrogen-bond acceptors (Lipinski definition) is 13. The highest BCUT2D eigenvalue weighted by Crippen LogP contribution is 2.55. The molecule has 2 aromatic carbocycles. The van der Waals surface area contributed by atoms with E-state index in [1.54, 1.807) is 36.7 Å². The molecule has 1 aliphatic carbocycles. The third-order valence-electron chi connectivity index (χ3n) is 12.7. The lowest BCUT2D eigenvalue weighted by Crippen LogP contribution is -2.74. The number of halogens is 1. The highest BCUT2D eigenvalue weighted by atomic mass is 35.5. The maximum absolute atomic E-state index is 13.4. The number of benzene rings is 2. The Morgan fingerprint density at radius 1 is 0.949 bits per heavy atom. The Labute approximate surface area is 346 Å². The zero-order valence-electron chi connectivity index (χ0n) is 33.7. The van der Waals surface area contributed by atoms with Crippen molar-refractivity contribution in [2.24, 2.45) is 16.7 Å². The molecule has 0 radical (unpaired) electrons. The van der Waals surface area contributed by atoms with Crippen LogP contribution >= 0.6 is 11.6 Å². The van der Waals surface area contributed by atoms with Crippen molar-refractivity contribution >= 4 is 51.7 Å². The average Bonchev–Trinajstić information content (AvgIpc) is 3.23. The Kier molecular flexibility index (Phi) is 10.8. The Hall–Kier alpha value is -5.66. The van der Waals surface area contributed by atoms with E-state index in [1.807, 2.05) is 12.1 Å². The summed E-state index contributed by atoms with van der Waals surface area (Å²) in [5, 5.41) is 23.6. The van der Waals surface area contributed by atoms with Gasteiger partial charge in [0.15, 0.2) is 0 Å². The number of hydrogen-bond donors (Lipinski definition) is 2. The number of carbonyl (C=O) groups is 3. The molecule has 1 saturated carbocycles. The van der Waals surface area contributed by atoms with E-state index in [2.05, 4.69) is 79.4 Å². The van der Waals surface area contributed by atoms with E-state index >= 15 is 0 Å². The Bertz CT molecular complexity index is 2360. The molecule has 0 bridgehead atoms. The molecule has 0 spiro atoms. The Morgan fingerprint density at radius 3 is 2.36 bits per heavy atom. The molecular formula is C42H48ClN11O5. The first-order valence-electron chi connectivity index (χ1n) is 20.2. The van der Waals surface area contributed by atoms with Gasteiger partial charge in [-0.25, -0.2) is 9.97 Å². The van der Waals surface area contributed by atoms with Gasteiger partial charge in [-0.1, -0.05) is 44.5 Å². The molecule has 2 aromatic heterocycles. The molecule has 3 aliphatic heterocycles. The topological polar surface area (TPSA) is 192 Å². The summed E-state index contributed by atoms with van der Waals surface area (Å²) in [6.07, 6.45) is 5.43. The minimum absolute atomic E-state index is 0.149. The van der Waals surface area contributed by atoms with E-state index in [-0.39, 0.29) is 48.1 Å². The van der Waals surface area contributed by atoms with Gasteiger partial charge in [0.25, 0.3) is 17.4 Å². The normalized spacial score (nSPS) is 23.3. The number of nitrogens with one attached hydrogen (secondary N) is 2. The van der Waals surface area contributed by atoms with Gasteiger partial charge in [0.05, 0.1) is 28.4 Å². The van der Waals surface area contributed by atoms with E-state index in [0.29, 0.717) is 33.2 Å². The molecule has 308 valence electrons. The van der Waals surface area contributed by atoms with Crippen LogP contribution < -0.4 is 30.7 Å². The first kappa shape index (κ1) is 40.1. The number of fused-ring (bicyclic) bond motifs is 1. The summed E-state index contributed by atoms with van der Waals surface area (Å²) < 4.78 is 7.46. The van der Waals surface area contributed by atoms with E-state index in [9.17, 15) is 24.4 Å². The zero-order chi connectivity index (χ0) is 41.6. The van der Waals surface area contributed by atoms with Gasteiger partial charge in [0.1, 0.15) is 41.0 Å². The lowest BCUT2D eigenvalue weighted by molar-refractivity contribution is -0.164. The fraction of sp³-hybridized carbons (Fsp3) is 0.500. The second-order valence-electron chi connectivity index (χ2n) is 17.3. The van der Waals surface area contributed by atoms with Crippen LogP contribution in [0.5, 0.6) is 5.75 Å². The monoisotopic (exact) mass is 821 g/mol. The van der Waals surface area contributed by atoms with Crippen molar-refractivity contribution in [3.63, 3.8) is 0 Å². The third kappa shape index (κ3) is 7.81. The molecule has 1 unspecified atom stereocenters. The smallest absolute Gasteiger partial charge is 0.278 e. The molecule has 4 aliphatic rings. The fourth-order valence-electron chi connectivity index (χ4n) is 9.66. The summed E-state index contributed by atoms with van der Waals surface area (Å²) >= 11 is 6.24. The van der Waals surface area contributed by atoms with Crippen LogP contribution in [-0.2, 0) is 9.59 Å². The standard InChI is InChI=1S/C42H48ClN11O5/c1-41(2)39(42(3,4)40(41)59-28-7-5-26(21-44)30(43)20-28)48-36(56)32-22-46-34(23-45-32)53-17-15-51(16-18-53)24-25-11-13-52(14-12-25)27-6-8-31-29(19-27)38(58)54(50-49-31)33-9-10-35(55)47-37(33)57/h5-8,19-20,22-23,25,33,39-40H,9-18,24H2,1-4H3,(H,48,56)(H,47,55,57). The number of piperazine rings is 1. The van der Waals surface area contributed by atoms with Crippen molar-refractivity contribution in [1.29, 1.82) is 5.26 Å². The number of aromatic nitrogens is 5. The van der Waals surface area contributed by atoms with Crippen LogP contribution in [0.4, 0.5) is 11.5 Å². The van der Waals surface area contributed by atoms with Crippen LogP contribution in [0, 0.1) is 28.1 Å². The van der Waals surface area contributed by atoms with Crippen molar-refractivity contribution in [2.45, 2.75) is 71.6 Å². The highest BCUT2D eigenvalue weighted by Gasteiger charge is 2.64. The number of rotatable bonds is 9. The van der Waals surface area contributed by atoms with Gasteiger partial charge >= 0.3 is 0 Å². The highest BCUT2D eigenvalue weighted by molar-refractivity contribution is 6.31. The van der Waals surface area contributed by atoms with Crippen molar-refractivity contribution in [1.82, 2.24) is 40.5 Å². The number of nitriles is 1. The number of anilines is 2. The second kappa shape index (κ2) is 15.8. The van der Waals surface area contributed by atoms with Crippen LogP contribution in [0.15, 0.2) is 53.6 Å². The Morgan fingerprint density at radius 2 is 1.69 bits per heavy atom. The molecule has 59 heavy (non-hydrogen) atoms. The van der Waals surface area contributed by atoms with Gasteiger partial charge in [-0.15, -0.1) is 5.10 Å². The van der Waals surface area contributed by atoms with E-state index in [0.717, 1.165) is 74.8 Å². The van der Waals surface area contributed by atoms with E-state index in [1.165, 1.54) is 0 Å². The lowest BCUT2D eigenvalue weighted by Gasteiger charge is -2.63. The van der Waals surface area contributed by atoms with Crippen molar-refractivity contribution in [2.75, 3.05) is 55.6 Å². The summed E-state index contributed by atoms with van der Waals surface area (Å²) in [6, 6.07) is 11.7. The van der Waals surface area contributed by atoms with Crippen LogP contribution in [0.1, 0.15) is 75.5 Å². The molecule has 17 heteroatoms. The van der Waals surface area contributed by atoms with Gasteiger partial charge in [-0.3, -0.25) is 29.4 Å². The van der Waals surface area contributed by atoms with Crippen molar-refractivity contribution < 1.29 is 19.1 Å². The van der Waals surface area contributed by atoms with Crippen LogP contribution in [0.25, 0.3) is 10.9 Å². The summed E-state index contributed by atoms with van der Waals surface area (Å²) in [4.78, 5) is 67.0. The van der Waals surface area contributed by atoms with Crippen molar-refractivity contribution in [3.8, 4) is 11.8 Å². The summed E-state index contributed by atoms with van der Waals surface area (Å²) in [6.45, 7) is 14.4. The van der Waals surface area contributed by atoms with Crippen LogP contribution in [0.3, 0.4) is 0 Å². The van der Waals surface area contributed by atoms with Gasteiger partial charge in [-0.05, 0) is 55.5 Å². The van der Waals surface area contributed by atoms with Crippen LogP contribution in [0.2, 0.25) is 5.02 Å². The molecule has 3 amide bonds. The Balaban J connectivity index is 0.802. The molecule has 5 heterocycles. The number of amides is 3. The number of carbonyl (C=O) groups excluding carboxylic acids is 3. The van der Waals surface area contributed by atoms with Gasteiger partial charge < -0.3 is 19.9 Å². The lowest BCUT2D eigenvalue weighted by atomic mass is 9.49. The molecule has 2 N–H and O–H groups in total. The first-order chi connectivity index (χ1) is 28.2. The summed E-state index contributed by atoms with van der Waals surface area (Å²) in [5.41, 5.74) is 0.874. The summed E-state index contributed by atoms with van der Waals surface area (Å²) in [7, 11) is 0. The number of piperidine rings is 2. The number of imide groups is 1.